The fourth-order valence-electron chi connectivity index (χ4n) is 4.00. The molecule has 2 aliphatic carbocycles. The first kappa shape index (κ1) is 15.9. The second kappa shape index (κ2) is 7.11. The summed E-state index contributed by atoms with van der Waals surface area (Å²) in [5.74, 6) is 1.96. The van der Waals surface area contributed by atoms with Gasteiger partial charge >= 0.3 is 6.03 Å². The van der Waals surface area contributed by atoms with Crippen molar-refractivity contribution < 1.29 is 9.32 Å². The number of carbonyl (C=O) groups is 1. The van der Waals surface area contributed by atoms with Gasteiger partial charge in [-0.1, -0.05) is 37.3 Å². The highest BCUT2D eigenvalue weighted by atomic mass is 16.5. The van der Waals surface area contributed by atoms with E-state index in [-0.39, 0.29) is 12.1 Å². The third kappa shape index (κ3) is 3.57. The molecule has 1 aliphatic heterocycles. The first-order chi connectivity index (χ1) is 11.8. The standard InChI is InChI=1S/C18H28N4O2/c23-18(19-14-7-3-1-4-8-14)22-12-6-2-5-9-15(22)17-20-16(21-24-17)13-10-11-13/h13-15H,1-12H2,(H,19,23). The van der Waals surface area contributed by atoms with E-state index >= 15 is 0 Å². The number of urea groups is 1. The van der Waals surface area contributed by atoms with E-state index in [9.17, 15) is 4.79 Å². The SMILES string of the molecule is O=C(NC1CCCCC1)N1CCCCCC1c1nc(C2CC2)no1. The van der Waals surface area contributed by atoms with E-state index in [2.05, 4.69) is 15.5 Å². The van der Waals surface area contributed by atoms with E-state index in [0.29, 0.717) is 17.9 Å². The van der Waals surface area contributed by atoms with Gasteiger partial charge in [-0.15, -0.1) is 0 Å². The first-order valence-electron chi connectivity index (χ1n) is 9.72. The molecule has 24 heavy (non-hydrogen) atoms. The van der Waals surface area contributed by atoms with Crippen LogP contribution in [0.25, 0.3) is 0 Å². The second-order valence-electron chi connectivity index (χ2n) is 7.61. The molecule has 1 aromatic rings. The van der Waals surface area contributed by atoms with Crippen LogP contribution in [0.3, 0.4) is 0 Å². The van der Waals surface area contributed by atoms with Gasteiger partial charge in [-0.05, 0) is 38.5 Å². The maximum absolute atomic E-state index is 12.9. The molecule has 2 saturated carbocycles. The normalized spacial score (nSPS) is 26.2. The van der Waals surface area contributed by atoms with Crippen molar-refractivity contribution in [3.05, 3.63) is 11.7 Å². The molecule has 0 bridgehead atoms. The predicted octanol–water partition coefficient (Wildman–Crippen LogP) is 3.91. The smallest absolute Gasteiger partial charge is 0.318 e. The van der Waals surface area contributed by atoms with E-state index in [0.717, 1.165) is 63.7 Å². The summed E-state index contributed by atoms with van der Waals surface area (Å²) in [5, 5.41) is 7.40. The zero-order chi connectivity index (χ0) is 16.4. The Labute approximate surface area is 143 Å². The molecule has 1 saturated heterocycles. The third-order valence-electron chi connectivity index (χ3n) is 5.63. The summed E-state index contributed by atoms with van der Waals surface area (Å²) in [6, 6.07) is 0.330. The average molecular weight is 332 g/mol. The summed E-state index contributed by atoms with van der Waals surface area (Å²) in [7, 11) is 0. The van der Waals surface area contributed by atoms with Crippen molar-refractivity contribution >= 4 is 6.03 Å². The molecular weight excluding hydrogens is 304 g/mol. The van der Waals surface area contributed by atoms with Crippen molar-refractivity contribution in [3.8, 4) is 0 Å². The number of carbonyl (C=O) groups excluding carboxylic acids is 1. The van der Waals surface area contributed by atoms with Gasteiger partial charge in [0.1, 0.15) is 6.04 Å². The maximum Gasteiger partial charge on any atom is 0.318 e. The summed E-state index contributed by atoms with van der Waals surface area (Å²) in [6.07, 6.45) is 12.5. The molecule has 3 aliphatic rings. The number of likely N-dealkylation sites (tertiary alicyclic amines) is 1. The van der Waals surface area contributed by atoms with Crippen molar-refractivity contribution in [1.29, 1.82) is 0 Å². The van der Waals surface area contributed by atoms with E-state index in [1.165, 1.54) is 19.3 Å². The minimum atomic E-state index is -0.0592. The molecule has 1 aromatic heterocycles. The predicted molar refractivity (Wildman–Crippen MR) is 89.6 cm³/mol. The van der Waals surface area contributed by atoms with Crippen LogP contribution >= 0.6 is 0 Å². The van der Waals surface area contributed by atoms with Crippen LogP contribution in [0.15, 0.2) is 4.52 Å². The minimum Gasteiger partial charge on any atom is -0.337 e. The summed E-state index contributed by atoms with van der Waals surface area (Å²) in [6.45, 7) is 0.782. The topological polar surface area (TPSA) is 71.3 Å². The zero-order valence-corrected chi connectivity index (χ0v) is 14.4. The minimum absolute atomic E-state index is 0.0555. The lowest BCUT2D eigenvalue weighted by molar-refractivity contribution is 0.153. The van der Waals surface area contributed by atoms with Crippen molar-refractivity contribution in [3.63, 3.8) is 0 Å². The Morgan fingerprint density at radius 1 is 1.00 bits per heavy atom. The van der Waals surface area contributed by atoms with Crippen molar-refractivity contribution in [2.75, 3.05) is 6.54 Å². The molecule has 0 aromatic carbocycles. The molecule has 132 valence electrons. The summed E-state index contributed by atoms with van der Waals surface area (Å²) in [4.78, 5) is 19.4. The molecule has 3 fully saturated rings. The van der Waals surface area contributed by atoms with Gasteiger partial charge in [-0.2, -0.15) is 4.98 Å². The molecule has 1 unspecified atom stereocenters. The van der Waals surface area contributed by atoms with E-state index < -0.39 is 0 Å². The molecule has 0 spiro atoms. The largest absolute Gasteiger partial charge is 0.337 e. The van der Waals surface area contributed by atoms with Gasteiger partial charge in [0.05, 0.1) is 0 Å². The number of nitrogens with zero attached hydrogens (tertiary/aromatic N) is 3. The van der Waals surface area contributed by atoms with Crippen molar-refractivity contribution in [1.82, 2.24) is 20.4 Å². The number of nitrogens with one attached hydrogen (secondary N) is 1. The highest BCUT2D eigenvalue weighted by Gasteiger charge is 2.34. The van der Waals surface area contributed by atoms with E-state index in [1.807, 2.05) is 4.90 Å². The van der Waals surface area contributed by atoms with Gasteiger partial charge < -0.3 is 14.7 Å². The van der Waals surface area contributed by atoms with Crippen LogP contribution in [-0.2, 0) is 0 Å². The number of hydrogen-bond donors (Lipinski definition) is 1. The Kier molecular flexibility index (Phi) is 4.72. The van der Waals surface area contributed by atoms with Gasteiger partial charge in [0.2, 0.25) is 5.89 Å². The lowest BCUT2D eigenvalue weighted by atomic mass is 9.96. The Balaban J connectivity index is 1.47. The number of hydrogen-bond acceptors (Lipinski definition) is 4. The van der Waals surface area contributed by atoms with Crippen LogP contribution in [0.2, 0.25) is 0 Å². The highest BCUT2D eigenvalue weighted by molar-refractivity contribution is 5.75. The summed E-state index contributed by atoms with van der Waals surface area (Å²) < 4.78 is 5.55. The molecule has 2 amide bonds. The first-order valence-corrected chi connectivity index (χ1v) is 9.72. The van der Waals surface area contributed by atoms with Crippen LogP contribution in [0.1, 0.15) is 94.3 Å². The lowest BCUT2D eigenvalue weighted by Crippen LogP contribution is -2.47. The molecular formula is C18H28N4O2. The van der Waals surface area contributed by atoms with Crippen LogP contribution in [-0.4, -0.2) is 33.7 Å². The summed E-state index contributed by atoms with van der Waals surface area (Å²) in [5.41, 5.74) is 0. The Morgan fingerprint density at radius 2 is 1.75 bits per heavy atom. The van der Waals surface area contributed by atoms with E-state index in [4.69, 9.17) is 4.52 Å². The van der Waals surface area contributed by atoms with Crippen LogP contribution in [0.5, 0.6) is 0 Å². The third-order valence-corrected chi connectivity index (χ3v) is 5.63. The maximum atomic E-state index is 12.9. The quantitative estimate of drug-likeness (QED) is 0.911. The van der Waals surface area contributed by atoms with Crippen molar-refractivity contribution in [2.45, 2.75) is 88.6 Å². The van der Waals surface area contributed by atoms with E-state index in [1.54, 1.807) is 0 Å². The van der Waals surface area contributed by atoms with Gasteiger partial charge in [-0.25, -0.2) is 4.79 Å². The molecule has 6 nitrogen and oxygen atoms in total. The molecule has 1 atom stereocenters. The molecule has 2 heterocycles. The van der Waals surface area contributed by atoms with Gasteiger partial charge in [0, 0.05) is 18.5 Å². The van der Waals surface area contributed by atoms with Gasteiger partial charge in [0.25, 0.3) is 0 Å². The zero-order valence-electron chi connectivity index (χ0n) is 14.4. The Bertz CT molecular complexity index is 563. The summed E-state index contributed by atoms with van der Waals surface area (Å²) >= 11 is 0. The average Bonchev–Trinajstić information content (AvgIpc) is 3.39. The van der Waals surface area contributed by atoms with Crippen LogP contribution < -0.4 is 5.32 Å². The fourth-order valence-corrected chi connectivity index (χ4v) is 4.00. The number of rotatable bonds is 3. The van der Waals surface area contributed by atoms with Crippen molar-refractivity contribution in [2.24, 2.45) is 0 Å². The van der Waals surface area contributed by atoms with Crippen LogP contribution in [0, 0.1) is 0 Å². The van der Waals surface area contributed by atoms with Gasteiger partial charge in [0.15, 0.2) is 5.82 Å². The number of aromatic nitrogens is 2. The number of amides is 2. The molecule has 6 heteroatoms. The lowest BCUT2D eigenvalue weighted by Gasteiger charge is -2.31. The molecule has 1 N–H and O–H groups in total. The molecule has 4 rings (SSSR count). The Morgan fingerprint density at radius 3 is 2.54 bits per heavy atom. The molecule has 0 radical (unpaired) electrons. The second-order valence-corrected chi connectivity index (χ2v) is 7.61. The highest BCUT2D eigenvalue weighted by Crippen LogP contribution is 2.39. The van der Waals surface area contributed by atoms with Crippen LogP contribution in [0.4, 0.5) is 4.79 Å². The monoisotopic (exact) mass is 332 g/mol. The fraction of sp³-hybridized carbons (Fsp3) is 0.833. The van der Waals surface area contributed by atoms with Gasteiger partial charge in [-0.3, -0.25) is 0 Å². The Hall–Kier alpha value is -1.59.